The zero-order chi connectivity index (χ0) is 26.8. The molecule has 5 rings (SSSR count). The molecule has 1 saturated carbocycles. The molecule has 6 heteroatoms. The van der Waals surface area contributed by atoms with Gasteiger partial charge in [-0.1, -0.05) is 38.1 Å². The number of carbonyl (C=O) groups is 2. The normalized spacial score (nSPS) is 23.6. The van der Waals surface area contributed by atoms with Crippen molar-refractivity contribution in [3.63, 3.8) is 0 Å². The van der Waals surface area contributed by atoms with E-state index in [1.807, 2.05) is 72.1 Å². The maximum Gasteiger partial charge on any atom is 0.257 e. The lowest BCUT2D eigenvalue weighted by atomic mass is 9.89. The van der Waals surface area contributed by atoms with Crippen LogP contribution in [0.5, 0.6) is 0 Å². The SMILES string of the molecule is Cc1cc(NC(=O)c2cn(C)c3ccccc23)ccc1CC(=O)N1C[C@@H](C)C[C@H]1COC1CCC(C)CC1. The van der Waals surface area contributed by atoms with Crippen LogP contribution < -0.4 is 5.32 Å². The number of benzene rings is 2. The molecule has 2 aliphatic rings. The number of hydrogen-bond acceptors (Lipinski definition) is 3. The first-order valence-corrected chi connectivity index (χ1v) is 14.1. The van der Waals surface area contributed by atoms with Gasteiger partial charge in [0.2, 0.25) is 5.91 Å². The number of aryl methyl sites for hydroxylation is 2. The highest BCUT2D eigenvalue weighted by molar-refractivity contribution is 6.13. The predicted molar refractivity (Wildman–Crippen MR) is 152 cm³/mol. The van der Waals surface area contributed by atoms with Crippen molar-refractivity contribution in [3.8, 4) is 0 Å². The van der Waals surface area contributed by atoms with Gasteiger partial charge in [-0.3, -0.25) is 9.59 Å². The first-order valence-electron chi connectivity index (χ1n) is 14.1. The minimum atomic E-state index is -0.133. The van der Waals surface area contributed by atoms with Crippen LogP contribution in [0, 0.1) is 18.8 Å². The van der Waals surface area contributed by atoms with E-state index in [0.717, 1.165) is 59.4 Å². The minimum Gasteiger partial charge on any atom is -0.376 e. The second kappa shape index (κ2) is 11.3. The molecule has 0 spiro atoms. The lowest BCUT2D eigenvalue weighted by molar-refractivity contribution is -0.133. The Labute approximate surface area is 226 Å². The maximum absolute atomic E-state index is 13.4. The van der Waals surface area contributed by atoms with Crippen molar-refractivity contribution in [2.45, 2.75) is 71.4 Å². The smallest absolute Gasteiger partial charge is 0.257 e. The molecule has 2 amide bonds. The quantitative estimate of drug-likeness (QED) is 0.413. The van der Waals surface area contributed by atoms with Crippen molar-refractivity contribution in [2.75, 3.05) is 18.5 Å². The number of fused-ring (bicyclic) bond motifs is 1. The molecule has 1 N–H and O–H groups in total. The van der Waals surface area contributed by atoms with Gasteiger partial charge in [-0.2, -0.15) is 0 Å². The summed E-state index contributed by atoms with van der Waals surface area (Å²) < 4.78 is 8.27. The summed E-state index contributed by atoms with van der Waals surface area (Å²) in [4.78, 5) is 28.5. The van der Waals surface area contributed by atoms with Crippen LogP contribution in [0.15, 0.2) is 48.7 Å². The average molecular weight is 516 g/mol. The van der Waals surface area contributed by atoms with Crippen molar-refractivity contribution >= 4 is 28.4 Å². The summed E-state index contributed by atoms with van der Waals surface area (Å²) in [7, 11) is 1.95. The molecule has 0 unspecified atom stereocenters. The van der Waals surface area contributed by atoms with E-state index in [4.69, 9.17) is 4.74 Å². The van der Waals surface area contributed by atoms with Crippen LogP contribution in [-0.4, -0.2) is 46.6 Å². The molecule has 2 atom stereocenters. The Morgan fingerprint density at radius 1 is 1.03 bits per heavy atom. The lowest BCUT2D eigenvalue weighted by Crippen LogP contribution is -2.40. The first kappa shape index (κ1) is 26.5. The van der Waals surface area contributed by atoms with Gasteiger partial charge in [0.15, 0.2) is 0 Å². The van der Waals surface area contributed by atoms with Gasteiger partial charge < -0.3 is 19.5 Å². The van der Waals surface area contributed by atoms with Crippen LogP contribution in [0.2, 0.25) is 0 Å². The number of amides is 2. The molecular weight excluding hydrogens is 474 g/mol. The summed E-state index contributed by atoms with van der Waals surface area (Å²) in [5.41, 5.74) is 4.42. The molecule has 2 aromatic carbocycles. The van der Waals surface area contributed by atoms with Crippen molar-refractivity contribution in [3.05, 3.63) is 65.4 Å². The van der Waals surface area contributed by atoms with Crippen LogP contribution in [-0.2, 0) is 23.0 Å². The van der Waals surface area contributed by atoms with Crippen LogP contribution in [0.4, 0.5) is 5.69 Å². The molecule has 1 aliphatic carbocycles. The van der Waals surface area contributed by atoms with E-state index >= 15 is 0 Å². The third-order valence-corrected chi connectivity index (χ3v) is 8.51. The highest BCUT2D eigenvalue weighted by Gasteiger charge is 2.34. The second-order valence-electron chi connectivity index (χ2n) is 11.7. The van der Waals surface area contributed by atoms with E-state index in [2.05, 4.69) is 19.2 Å². The van der Waals surface area contributed by atoms with Gasteiger partial charge >= 0.3 is 0 Å². The fraction of sp³-hybridized carbons (Fsp3) is 0.500. The van der Waals surface area contributed by atoms with E-state index in [1.54, 1.807) is 0 Å². The molecule has 3 aromatic rings. The van der Waals surface area contributed by atoms with E-state index in [0.29, 0.717) is 30.6 Å². The van der Waals surface area contributed by atoms with Crippen LogP contribution >= 0.6 is 0 Å². The number of carbonyl (C=O) groups excluding carboxylic acids is 2. The Hall–Kier alpha value is -3.12. The Kier molecular flexibility index (Phi) is 7.89. The van der Waals surface area contributed by atoms with Crippen molar-refractivity contribution in [1.82, 2.24) is 9.47 Å². The zero-order valence-corrected chi connectivity index (χ0v) is 23.2. The second-order valence-corrected chi connectivity index (χ2v) is 11.7. The third kappa shape index (κ3) is 5.80. The standard InChI is InChI=1S/C32H41N3O3/c1-21-9-13-27(14-10-21)38-20-26-15-22(2)18-35(26)31(36)17-24-11-12-25(16-23(24)3)33-32(37)29-19-34(4)30-8-6-5-7-28(29)30/h5-8,11-12,16,19,21-22,26-27H,9-10,13-15,17-18,20H2,1-4H3,(H,33,37)/t21?,22-,26-,27?/m0/s1. The fourth-order valence-electron chi connectivity index (χ4n) is 6.22. The number of para-hydroxylation sites is 1. The molecule has 2 fully saturated rings. The molecule has 0 bridgehead atoms. The molecule has 2 heterocycles. The monoisotopic (exact) mass is 515 g/mol. The summed E-state index contributed by atoms with van der Waals surface area (Å²) in [5, 5.41) is 3.97. The minimum absolute atomic E-state index is 0.133. The number of hydrogen-bond donors (Lipinski definition) is 1. The molecule has 0 radical (unpaired) electrons. The number of likely N-dealkylation sites (tertiary alicyclic amines) is 1. The van der Waals surface area contributed by atoms with E-state index in [-0.39, 0.29) is 17.9 Å². The topological polar surface area (TPSA) is 63.6 Å². The van der Waals surface area contributed by atoms with Gasteiger partial charge in [0.05, 0.1) is 30.7 Å². The van der Waals surface area contributed by atoms with Gasteiger partial charge in [-0.05, 0) is 80.2 Å². The number of nitrogens with one attached hydrogen (secondary N) is 1. The van der Waals surface area contributed by atoms with E-state index < -0.39 is 0 Å². The Bertz CT molecular complexity index is 1300. The Balaban J connectivity index is 1.20. The highest BCUT2D eigenvalue weighted by Crippen LogP contribution is 2.29. The summed E-state index contributed by atoms with van der Waals surface area (Å²) in [6, 6.07) is 13.9. The Morgan fingerprint density at radius 2 is 1.79 bits per heavy atom. The molecule has 1 aromatic heterocycles. The first-order chi connectivity index (χ1) is 18.3. The van der Waals surface area contributed by atoms with Gasteiger partial charge in [0.1, 0.15) is 0 Å². The molecule has 202 valence electrons. The van der Waals surface area contributed by atoms with Crippen LogP contribution in [0.1, 0.15) is 67.4 Å². The van der Waals surface area contributed by atoms with Crippen molar-refractivity contribution < 1.29 is 14.3 Å². The molecule has 1 aliphatic heterocycles. The van der Waals surface area contributed by atoms with Crippen LogP contribution in [0.25, 0.3) is 10.9 Å². The highest BCUT2D eigenvalue weighted by atomic mass is 16.5. The Morgan fingerprint density at radius 3 is 2.55 bits per heavy atom. The average Bonchev–Trinajstić information content (AvgIpc) is 3.45. The van der Waals surface area contributed by atoms with Crippen molar-refractivity contribution in [2.24, 2.45) is 18.9 Å². The largest absolute Gasteiger partial charge is 0.376 e. The maximum atomic E-state index is 13.4. The molecule has 6 nitrogen and oxygen atoms in total. The predicted octanol–water partition coefficient (Wildman–Crippen LogP) is 6.11. The van der Waals surface area contributed by atoms with E-state index in [9.17, 15) is 9.59 Å². The third-order valence-electron chi connectivity index (χ3n) is 8.51. The number of anilines is 1. The number of ether oxygens (including phenoxy) is 1. The summed E-state index contributed by atoms with van der Waals surface area (Å²) in [6.45, 7) is 8.00. The fourth-order valence-corrected chi connectivity index (χ4v) is 6.22. The number of aromatic nitrogens is 1. The molecule has 38 heavy (non-hydrogen) atoms. The van der Waals surface area contributed by atoms with Gasteiger partial charge in [0, 0.05) is 36.4 Å². The number of rotatable bonds is 7. The summed E-state index contributed by atoms with van der Waals surface area (Å²) in [6.07, 6.45) is 8.35. The van der Waals surface area contributed by atoms with Gasteiger partial charge in [-0.15, -0.1) is 0 Å². The molecule has 1 saturated heterocycles. The van der Waals surface area contributed by atoms with Gasteiger partial charge in [-0.25, -0.2) is 0 Å². The van der Waals surface area contributed by atoms with Gasteiger partial charge in [0.25, 0.3) is 5.91 Å². The summed E-state index contributed by atoms with van der Waals surface area (Å²) >= 11 is 0. The molecular formula is C32H41N3O3. The number of nitrogens with zero attached hydrogens (tertiary/aromatic N) is 2. The summed E-state index contributed by atoms with van der Waals surface area (Å²) in [5.74, 6) is 1.33. The van der Waals surface area contributed by atoms with Crippen molar-refractivity contribution in [1.29, 1.82) is 0 Å². The zero-order valence-electron chi connectivity index (χ0n) is 23.2. The van der Waals surface area contributed by atoms with Crippen LogP contribution in [0.3, 0.4) is 0 Å². The lowest BCUT2D eigenvalue weighted by Gasteiger charge is -2.30. The van der Waals surface area contributed by atoms with E-state index in [1.165, 1.54) is 12.8 Å².